The van der Waals surface area contributed by atoms with E-state index in [4.69, 9.17) is 14.2 Å². The molecule has 0 radical (unpaired) electrons. The normalized spacial score (nSPS) is 13.2. The van der Waals surface area contributed by atoms with E-state index < -0.39 is 6.10 Å². The summed E-state index contributed by atoms with van der Waals surface area (Å²) < 4.78 is 16.8. The van der Waals surface area contributed by atoms with Crippen LogP contribution in [0.4, 0.5) is 0 Å². The molecule has 0 saturated heterocycles. The summed E-state index contributed by atoms with van der Waals surface area (Å²) in [6, 6.07) is 0. The zero-order chi connectivity index (χ0) is 53.6. The van der Waals surface area contributed by atoms with Crippen LogP contribution < -0.4 is 0 Å². The highest BCUT2D eigenvalue weighted by Gasteiger charge is 2.19. The van der Waals surface area contributed by atoms with Gasteiger partial charge in [0.2, 0.25) is 0 Å². The molecule has 0 rings (SSSR count). The van der Waals surface area contributed by atoms with Crippen LogP contribution in [0, 0.1) is 0 Å². The highest BCUT2D eigenvalue weighted by molar-refractivity contribution is 5.71. The van der Waals surface area contributed by atoms with Crippen LogP contribution in [-0.4, -0.2) is 37.2 Å². The van der Waals surface area contributed by atoms with Crippen LogP contribution in [0.15, 0.2) is 146 Å². The second kappa shape index (κ2) is 60.8. The van der Waals surface area contributed by atoms with Crippen LogP contribution in [0.1, 0.15) is 245 Å². The smallest absolute Gasteiger partial charge is 0.306 e. The molecule has 6 heteroatoms. The van der Waals surface area contributed by atoms with E-state index in [2.05, 4.69) is 167 Å². The number of rotatable bonds is 52. The monoisotopic (exact) mass is 1020 g/mol. The summed E-state index contributed by atoms with van der Waals surface area (Å²) >= 11 is 0. The molecule has 0 aliphatic heterocycles. The van der Waals surface area contributed by atoms with Gasteiger partial charge in [0.1, 0.15) is 13.2 Å². The SMILES string of the molecule is CC/C=C\C/C=C\C/C=C\C/C=C\C/C=C\C/C=C\CCCCC(=O)OCC(COC(=O)CCC/C=C\C/C=C\C/C=C\C/C=C\C/C=C\CC)OC(=O)CCCCCCCCC/C=C\CCCCCCCCC. The lowest BCUT2D eigenvalue weighted by Gasteiger charge is -2.18. The lowest BCUT2D eigenvalue weighted by molar-refractivity contribution is -0.167. The zero-order valence-corrected chi connectivity index (χ0v) is 47.5. The molecule has 0 N–H and O–H groups in total. The molecule has 0 aromatic heterocycles. The second-order valence-corrected chi connectivity index (χ2v) is 19.1. The maximum absolute atomic E-state index is 12.9. The van der Waals surface area contributed by atoms with Crippen molar-refractivity contribution < 1.29 is 28.6 Å². The number of ether oxygens (including phenoxy) is 3. The topological polar surface area (TPSA) is 78.9 Å². The predicted octanol–water partition coefficient (Wildman–Crippen LogP) is 20.4. The lowest BCUT2D eigenvalue weighted by Crippen LogP contribution is -2.30. The number of carbonyl (C=O) groups is 3. The van der Waals surface area contributed by atoms with Gasteiger partial charge >= 0.3 is 17.9 Å². The summed E-state index contributed by atoms with van der Waals surface area (Å²) in [5, 5.41) is 0. The number of allylic oxidation sites excluding steroid dienone is 24. The van der Waals surface area contributed by atoms with Crippen LogP contribution in [0.25, 0.3) is 0 Å². The minimum absolute atomic E-state index is 0.126. The van der Waals surface area contributed by atoms with E-state index in [1.807, 2.05) is 0 Å². The van der Waals surface area contributed by atoms with E-state index in [-0.39, 0.29) is 44.0 Å². The van der Waals surface area contributed by atoms with Crippen molar-refractivity contribution in [1.82, 2.24) is 0 Å². The number of hydrogen-bond acceptors (Lipinski definition) is 6. The van der Waals surface area contributed by atoms with E-state index in [9.17, 15) is 14.4 Å². The average Bonchev–Trinajstić information content (AvgIpc) is 3.40. The Balaban J connectivity index is 4.57. The Morgan fingerprint density at radius 1 is 0.284 bits per heavy atom. The Hall–Kier alpha value is -4.71. The van der Waals surface area contributed by atoms with Crippen LogP contribution in [0.3, 0.4) is 0 Å². The average molecular weight is 1020 g/mol. The van der Waals surface area contributed by atoms with Crippen molar-refractivity contribution >= 4 is 17.9 Å². The van der Waals surface area contributed by atoms with Crippen molar-refractivity contribution in [2.24, 2.45) is 0 Å². The molecule has 416 valence electrons. The molecular weight excluding hydrogens is 913 g/mol. The molecule has 0 aliphatic carbocycles. The minimum Gasteiger partial charge on any atom is -0.462 e. The van der Waals surface area contributed by atoms with Gasteiger partial charge in [-0.1, -0.05) is 237 Å². The van der Waals surface area contributed by atoms with E-state index >= 15 is 0 Å². The molecule has 1 atom stereocenters. The van der Waals surface area contributed by atoms with Gasteiger partial charge in [-0.3, -0.25) is 14.4 Å². The lowest BCUT2D eigenvalue weighted by atomic mass is 10.1. The predicted molar refractivity (Wildman–Crippen MR) is 320 cm³/mol. The molecule has 0 amide bonds. The summed E-state index contributed by atoms with van der Waals surface area (Å²) in [4.78, 5) is 38.2. The fraction of sp³-hybridized carbons (Fsp3) is 0.603. The Morgan fingerprint density at radius 2 is 0.541 bits per heavy atom. The van der Waals surface area contributed by atoms with E-state index in [0.717, 1.165) is 109 Å². The number of carbonyl (C=O) groups excluding carboxylic acids is 3. The van der Waals surface area contributed by atoms with Crippen molar-refractivity contribution in [3.05, 3.63) is 146 Å². The molecule has 0 bridgehead atoms. The van der Waals surface area contributed by atoms with Gasteiger partial charge in [-0.25, -0.2) is 0 Å². The molecule has 0 heterocycles. The molecule has 0 aliphatic rings. The van der Waals surface area contributed by atoms with Gasteiger partial charge in [0.15, 0.2) is 6.10 Å². The summed E-state index contributed by atoms with van der Waals surface area (Å²) in [5.41, 5.74) is 0. The van der Waals surface area contributed by atoms with Gasteiger partial charge in [-0.05, 0) is 135 Å². The van der Waals surface area contributed by atoms with E-state index in [0.29, 0.717) is 19.3 Å². The van der Waals surface area contributed by atoms with Crippen LogP contribution in [0.2, 0.25) is 0 Å². The quantitative estimate of drug-likeness (QED) is 0.0261. The summed E-state index contributed by atoms with van der Waals surface area (Å²) in [6.07, 6.45) is 87.0. The third-order valence-corrected chi connectivity index (χ3v) is 12.1. The largest absolute Gasteiger partial charge is 0.462 e. The van der Waals surface area contributed by atoms with Crippen molar-refractivity contribution in [3.8, 4) is 0 Å². The highest BCUT2D eigenvalue weighted by atomic mass is 16.6. The van der Waals surface area contributed by atoms with Gasteiger partial charge in [0.05, 0.1) is 0 Å². The standard InChI is InChI=1S/C68H108O6/c1-4-7-10-13-16-19-22-25-28-31-33-34-35-38-40-43-46-49-52-55-58-61-67(70)73-64-65(63-72-66(69)60-57-54-51-48-45-42-39-36-30-27-24-21-18-15-12-9-6-3)74-68(71)62-59-56-53-50-47-44-41-37-32-29-26-23-20-17-14-11-8-5-2/h7,9-10,12,16,18-19,21,25,27-30,32-34,38-40,42,46,48-49,51,65H,4-6,8,11,13-15,17,20,22-24,26,31,35-37,41,43-45,47,50,52-64H2,1-3H3/b10-7-,12-9-,19-16-,21-18-,28-25-,30-27-,32-29-,34-33-,40-38-,42-39-,49-46-,51-48-. The van der Waals surface area contributed by atoms with Crippen LogP contribution in [-0.2, 0) is 28.6 Å². The van der Waals surface area contributed by atoms with Gasteiger partial charge in [-0.15, -0.1) is 0 Å². The number of esters is 3. The van der Waals surface area contributed by atoms with Crippen molar-refractivity contribution in [1.29, 1.82) is 0 Å². The first-order valence-corrected chi connectivity index (χ1v) is 29.8. The molecule has 1 unspecified atom stereocenters. The molecule has 0 fully saturated rings. The minimum atomic E-state index is -0.829. The maximum Gasteiger partial charge on any atom is 0.306 e. The van der Waals surface area contributed by atoms with Gasteiger partial charge < -0.3 is 14.2 Å². The Morgan fingerprint density at radius 3 is 0.919 bits per heavy atom. The summed E-state index contributed by atoms with van der Waals surface area (Å²) in [7, 11) is 0. The van der Waals surface area contributed by atoms with Gasteiger partial charge in [0, 0.05) is 19.3 Å². The molecule has 0 aromatic rings. The maximum atomic E-state index is 12.9. The Labute approximate surface area is 455 Å². The molecule has 74 heavy (non-hydrogen) atoms. The molecular formula is C68H108O6. The number of hydrogen-bond donors (Lipinski definition) is 0. The fourth-order valence-corrected chi connectivity index (χ4v) is 7.65. The molecule has 0 saturated carbocycles. The third kappa shape index (κ3) is 58.2. The van der Waals surface area contributed by atoms with Crippen molar-refractivity contribution in [2.75, 3.05) is 13.2 Å². The summed E-state index contributed by atoms with van der Waals surface area (Å²) in [5.74, 6) is -1.03. The van der Waals surface area contributed by atoms with Crippen molar-refractivity contribution in [3.63, 3.8) is 0 Å². The molecule has 0 aromatic carbocycles. The van der Waals surface area contributed by atoms with Gasteiger partial charge in [-0.2, -0.15) is 0 Å². The van der Waals surface area contributed by atoms with Crippen LogP contribution >= 0.6 is 0 Å². The molecule has 0 spiro atoms. The zero-order valence-electron chi connectivity index (χ0n) is 47.5. The van der Waals surface area contributed by atoms with Crippen molar-refractivity contribution in [2.45, 2.75) is 252 Å². The second-order valence-electron chi connectivity index (χ2n) is 19.1. The molecule has 6 nitrogen and oxygen atoms in total. The Kier molecular flexibility index (Phi) is 57.0. The van der Waals surface area contributed by atoms with E-state index in [1.54, 1.807) is 0 Å². The number of unbranched alkanes of at least 4 members (excludes halogenated alkanes) is 17. The van der Waals surface area contributed by atoms with Crippen LogP contribution in [0.5, 0.6) is 0 Å². The third-order valence-electron chi connectivity index (χ3n) is 12.1. The van der Waals surface area contributed by atoms with E-state index in [1.165, 1.54) is 83.5 Å². The fourth-order valence-electron chi connectivity index (χ4n) is 7.65. The Bertz CT molecular complexity index is 1640. The first kappa shape index (κ1) is 69.3. The highest BCUT2D eigenvalue weighted by Crippen LogP contribution is 2.14. The summed E-state index contributed by atoms with van der Waals surface area (Å²) in [6.45, 7) is 6.32. The van der Waals surface area contributed by atoms with Gasteiger partial charge in [0.25, 0.3) is 0 Å². The first-order valence-electron chi connectivity index (χ1n) is 29.8. The first-order chi connectivity index (χ1) is 36.5.